The van der Waals surface area contributed by atoms with E-state index in [-0.39, 0.29) is 11.9 Å². The summed E-state index contributed by atoms with van der Waals surface area (Å²) < 4.78 is 10.1. The van der Waals surface area contributed by atoms with Crippen molar-refractivity contribution in [1.29, 1.82) is 0 Å². The second kappa shape index (κ2) is 3.72. The van der Waals surface area contributed by atoms with Crippen LogP contribution in [0, 0.1) is 0 Å². The van der Waals surface area contributed by atoms with Gasteiger partial charge in [0.05, 0.1) is 13.2 Å². The molecule has 1 unspecified atom stereocenters. The van der Waals surface area contributed by atoms with Gasteiger partial charge in [0, 0.05) is 6.54 Å². The van der Waals surface area contributed by atoms with E-state index in [0.717, 1.165) is 0 Å². The Morgan fingerprint density at radius 1 is 1.57 bits per heavy atom. The van der Waals surface area contributed by atoms with Crippen molar-refractivity contribution in [2.45, 2.75) is 6.04 Å². The highest BCUT2D eigenvalue weighted by atomic mass is 16.5. The lowest BCUT2D eigenvalue weighted by Crippen LogP contribution is -2.34. The van der Waals surface area contributed by atoms with Gasteiger partial charge in [-0.05, 0) is 0 Å². The number of carbonyl (C=O) groups is 1. The zero-order valence-corrected chi connectivity index (χ0v) is 7.27. The molecule has 1 aliphatic heterocycles. The molecule has 1 atom stereocenters. The SMILES string of the molecule is O=C(O)c1nnc(C2COCCN2)o1. The summed E-state index contributed by atoms with van der Waals surface area (Å²) in [5.74, 6) is -1.37. The minimum Gasteiger partial charge on any atom is -0.474 e. The van der Waals surface area contributed by atoms with Crippen LogP contribution in [0.15, 0.2) is 4.42 Å². The van der Waals surface area contributed by atoms with E-state index in [9.17, 15) is 4.79 Å². The van der Waals surface area contributed by atoms with Crippen LogP contribution in [0.1, 0.15) is 22.6 Å². The molecule has 1 saturated heterocycles. The summed E-state index contributed by atoms with van der Waals surface area (Å²) in [6, 6.07) is -0.204. The van der Waals surface area contributed by atoms with Gasteiger partial charge in [-0.2, -0.15) is 0 Å². The summed E-state index contributed by atoms with van der Waals surface area (Å²) in [5, 5.41) is 18.6. The van der Waals surface area contributed by atoms with Gasteiger partial charge in [0.1, 0.15) is 6.04 Å². The fraction of sp³-hybridized carbons (Fsp3) is 0.571. The van der Waals surface area contributed by atoms with Crippen molar-refractivity contribution in [2.75, 3.05) is 19.8 Å². The van der Waals surface area contributed by atoms with E-state index in [1.807, 2.05) is 0 Å². The van der Waals surface area contributed by atoms with Gasteiger partial charge in [-0.15, -0.1) is 10.2 Å². The van der Waals surface area contributed by atoms with Gasteiger partial charge in [0.15, 0.2) is 0 Å². The van der Waals surface area contributed by atoms with Crippen LogP contribution in [-0.2, 0) is 4.74 Å². The van der Waals surface area contributed by atoms with Crippen LogP contribution in [0.4, 0.5) is 0 Å². The Morgan fingerprint density at radius 3 is 3.00 bits per heavy atom. The molecule has 0 aliphatic carbocycles. The van der Waals surface area contributed by atoms with Crippen molar-refractivity contribution >= 4 is 5.97 Å². The summed E-state index contributed by atoms with van der Waals surface area (Å²) in [6.45, 7) is 1.74. The molecule has 7 nitrogen and oxygen atoms in total. The number of carboxylic acids is 1. The number of nitrogens with one attached hydrogen (secondary N) is 1. The molecule has 7 heteroatoms. The Balaban J connectivity index is 2.11. The molecule has 2 N–H and O–H groups in total. The number of aromatic nitrogens is 2. The Morgan fingerprint density at radius 2 is 2.43 bits per heavy atom. The molecule has 1 aliphatic rings. The number of morpholine rings is 1. The van der Waals surface area contributed by atoms with Crippen LogP contribution in [-0.4, -0.2) is 41.0 Å². The number of hydrogen-bond acceptors (Lipinski definition) is 6. The Hall–Kier alpha value is -1.47. The quantitative estimate of drug-likeness (QED) is 0.658. The molecule has 0 radical (unpaired) electrons. The first-order chi connectivity index (χ1) is 6.77. The van der Waals surface area contributed by atoms with E-state index in [1.54, 1.807) is 0 Å². The summed E-state index contributed by atoms with van der Waals surface area (Å²) in [7, 11) is 0. The third-order valence-corrected chi connectivity index (χ3v) is 1.84. The Bertz CT molecular complexity index is 331. The predicted molar refractivity (Wildman–Crippen MR) is 42.8 cm³/mol. The zero-order valence-electron chi connectivity index (χ0n) is 7.27. The van der Waals surface area contributed by atoms with Gasteiger partial charge >= 0.3 is 11.9 Å². The highest BCUT2D eigenvalue weighted by Gasteiger charge is 2.23. The maximum Gasteiger partial charge on any atom is 0.393 e. The van der Waals surface area contributed by atoms with Gasteiger partial charge in [0.2, 0.25) is 5.89 Å². The van der Waals surface area contributed by atoms with Gasteiger partial charge < -0.3 is 19.6 Å². The lowest BCUT2D eigenvalue weighted by Gasteiger charge is -2.20. The van der Waals surface area contributed by atoms with E-state index < -0.39 is 11.9 Å². The fourth-order valence-electron chi connectivity index (χ4n) is 1.19. The van der Waals surface area contributed by atoms with Gasteiger partial charge in [-0.3, -0.25) is 0 Å². The van der Waals surface area contributed by atoms with Gasteiger partial charge in [0.25, 0.3) is 0 Å². The zero-order chi connectivity index (χ0) is 9.97. The second-order valence-corrected chi connectivity index (χ2v) is 2.83. The van der Waals surface area contributed by atoms with Crippen molar-refractivity contribution < 1.29 is 19.1 Å². The van der Waals surface area contributed by atoms with Crippen LogP contribution in [0.3, 0.4) is 0 Å². The molecule has 0 spiro atoms. The first-order valence-electron chi connectivity index (χ1n) is 4.15. The predicted octanol–water partition coefficient (Wildman–Crippen LogP) is -0.571. The first kappa shape index (κ1) is 9.10. The fourth-order valence-corrected chi connectivity index (χ4v) is 1.19. The largest absolute Gasteiger partial charge is 0.474 e. The average molecular weight is 199 g/mol. The molecular weight excluding hydrogens is 190 g/mol. The van der Waals surface area contributed by atoms with Crippen molar-refractivity contribution in [1.82, 2.24) is 15.5 Å². The molecule has 14 heavy (non-hydrogen) atoms. The molecule has 0 bridgehead atoms. The van der Waals surface area contributed by atoms with Crippen LogP contribution in [0.5, 0.6) is 0 Å². The van der Waals surface area contributed by atoms with E-state index >= 15 is 0 Å². The average Bonchev–Trinajstić information content (AvgIpc) is 2.68. The van der Waals surface area contributed by atoms with Crippen LogP contribution in [0.25, 0.3) is 0 Å². The summed E-state index contributed by atoms with van der Waals surface area (Å²) in [6.07, 6.45) is 0. The maximum atomic E-state index is 10.4. The van der Waals surface area contributed by atoms with E-state index in [0.29, 0.717) is 19.8 Å². The van der Waals surface area contributed by atoms with Crippen LogP contribution >= 0.6 is 0 Å². The van der Waals surface area contributed by atoms with Crippen molar-refractivity contribution in [3.8, 4) is 0 Å². The lowest BCUT2D eigenvalue weighted by atomic mass is 10.3. The minimum absolute atomic E-state index is 0.204. The number of aromatic carboxylic acids is 1. The normalized spacial score (nSPS) is 22.1. The standard InChI is InChI=1S/C7H9N3O4/c11-7(12)6-10-9-5(14-6)4-3-13-2-1-8-4/h4,8H,1-3H2,(H,11,12). The summed E-state index contributed by atoms with van der Waals surface area (Å²) >= 11 is 0. The van der Waals surface area contributed by atoms with Crippen molar-refractivity contribution in [3.05, 3.63) is 11.8 Å². The highest BCUT2D eigenvalue weighted by Crippen LogP contribution is 2.13. The molecule has 0 aromatic carbocycles. The third-order valence-electron chi connectivity index (χ3n) is 1.84. The highest BCUT2D eigenvalue weighted by molar-refractivity contribution is 5.81. The maximum absolute atomic E-state index is 10.4. The molecule has 2 rings (SSSR count). The smallest absolute Gasteiger partial charge is 0.393 e. The van der Waals surface area contributed by atoms with Gasteiger partial charge in [-0.1, -0.05) is 0 Å². The molecule has 1 aromatic heterocycles. The van der Waals surface area contributed by atoms with E-state index in [1.165, 1.54) is 0 Å². The molecule has 0 amide bonds. The third kappa shape index (κ3) is 1.73. The number of carboxylic acid groups (broad SMARTS) is 1. The van der Waals surface area contributed by atoms with Crippen LogP contribution in [0.2, 0.25) is 0 Å². The molecule has 0 saturated carbocycles. The topological polar surface area (TPSA) is 97.5 Å². The molecule has 1 aromatic rings. The van der Waals surface area contributed by atoms with E-state index in [4.69, 9.17) is 14.3 Å². The van der Waals surface area contributed by atoms with Crippen LogP contribution < -0.4 is 5.32 Å². The number of ether oxygens (including phenoxy) is 1. The lowest BCUT2D eigenvalue weighted by molar-refractivity contribution is 0.0606. The summed E-state index contributed by atoms with van der Waals surface area (Å²) in [5.41, 5.74) is 0. The summed E-state index contributed by atoms with van der Waals surface area (Å²) in [4.78, 5) is 10.4. The van der Waals surface area contributed by atoms with E-state index in [2.05, 4.69) is 15.5 Å². The molecular formula is C7H9N3O4. The number of hydrogen-bond donors (Lipinski definition) is 2. The second-order valence-electron chi connectivity index (χ2n) is 2.83. The Kier molecular flexibility index (Phi) is 2.42. The van der Waals surface area contributed by atoms with Crippen molar-refractivity contribution in [2.24, 2.45) is 0 Å². The van der Waals surface area contributed by atoms with Crippen molar-refractivity contribution in [3.63, 3.8) is 0 Å². The first-order valence-corrected chi connectivity index (χ1v) is 4.15. The molecule has 2 heterocycles. The molecule has 76 valence electrons. The Labute approximate surface area is 79.1 Å². The van der Waals surface area contributed by atoms with Gasteiger partial charge in [-0.25, -0.2) is 4.79 Å². The number of nitrogens with zero attached hydrogens (tertiary/aromatic N) is 2. The monoisotopic (exact) mass is 199 g/mol. The minimum atomic E-state index is -1.22. The molecule has 1 fully saturated rings. The number of rotatable bonds is 2.